The van der Waals surface area contributed by atoms with Crippen LogP contribution in [0.25, 0.3) is 0 Å². The van der Waals surface area contributed by atoms with E-state index in [4.69, 9.17) is 22.1 Å². The van der Waals surface area contributed by atoms with Gasteiger partial charge in [0.15, 0.2) is 0 Å². The lowest BCUT2D eigenvalue weighted by Gasteiger charge is -2.18. The molecule has 82 valence electrons. The second-order valence-corrected chi connectivity index (χ2v) is 4.75. The molecule has 15 heavy (non-hydrogen) atoms. The molecule has 0 amide bonds. The number of aryl methyl sites for hydroxylation is 1. The Balaban J connectivity index is 2.62. The zero-order valence-electron chi connectivity index (χ0n) is 9.36. The van der Waals surface area contributed by atoms with Gasteiger partial charge in [0.25, 0.3) is 0 Å². The highest BCUT2D eigenvalue weighted by molar-refractivity contribution is 6.33. The normalized spacial score (nSPS) is 17.7. The van der Waals surface area contributed by atoms with Crippen molar-refractivity contribution in [3.63, 3.8) is 0 Å². The summed E-state index contributed by atoms with van der Waals surface area (Å²) in [5, 5.41) is 0.697. The van der Waals surface area contributed by atoms with Crippen molar-refractivity contribution in [1.82, 2.24) is 0 Å². The van der Waals surface area contributed by atoms with Crippen LogP contribution < -0.4 is 10.5 Å². The lowest BCUT2D eigenvalue weighted by atomic mass is 9.96. The standard InChI is InChI=1S/C12H16ClNO/c1-7-6-9(12(14)4-5-12)8(2)11(15-3)10(7)13/h6H,4-5,14H2,1-3H3. The lowest BCUT2D eigenvalue weighted by Crippen LogP contribution is -2.20. The Kier molecular flexibility index (Phi) is 2.44. The van der Waals surface area contributed by atoms with Gasteiger partial charge in [-0.2, -0.15) is 0 Å². The van der Waals surface area contributed by atoms with E-state index in [-0.39, 0.29) is 5.54 Å². The molecular formula is C12H16ClNO. The topological polar surface area (TPSA) is 35.2 Å². The van der Waals surface area contributed by atoms with Crippen LogP contribution in [0.5, 0.6) is 5.75 Å². The third kappa shape index (κ3) is 1.62. The van der Waals surface area contributed by atoms with Gasteiger partial charge < -0.3 is 10.5 Å². The van der Waals surface area contributed by atoms with Gasteiger partial charge in [-0.3, -0.25) is 0 Å². The highest BCUT2D eigenvalue weighted by Crippen LogP contribution is 2.47. The monoisotopic (exact) mass is 225 g/mol. The largest absolute Gasteiger partial charge is 0.495 e. The molecule has 0 spiro atoms. The van der Waals surface area contributed by atoms with Crippen LogP contribution in [0, 0.1) is 13.8 Å². The SMILES string of the molecule is COc1c(C)c(C2(N)CC2)cc(C)c1Cl. The summed E-state index contributed by atoms with van der Waals surface area (Å²) < 4.78 is 5.33. The molecule has 0 unspecified atom stereocenters. The number of halogens is 1. The lowest BCUT2D eigenvalue weighted by molar-refractivity contribution is 0.410. The molecule has 2 nitrogen and oxygen atoms in total. The average molecular weight is 226 g/mol. The van der Waals surface area contributed by atoms with Crippen LogP contribution in [0.3, 0.4) is 0 Å². The van der Waals surface area contributed by atoms with Crippen molar-refractivity contribution in [2.75, 3.05) is 7.11 Å². The van der Waals surface area contributed by atoms with Gasteiger partial charge in [0, 0.05) is 5.54 Å². The predicted molar refractivity (Wildman–Crippen MR) is 62.6 cm³/mol. The predicted octanol–water partition coefficient (Wildman–Crippen LogP) is 2.91. The molecule has 1 aromatic carbocycles. The van der Waals surface area contributed by atoms with Crippen molar-refractivity contribution >= 4 is 11.6 Å². The van der Waals surface area contributed by atoms with Gasteiger partial charge in [-0.1, -0.05) is 17.7 Å². The Bertz CT molecular complexity index is 411. The Morgan fingerprint density at radius 2 is 2.00 bits per heavy atom. The molecule has 1 aliphatic carbocycles. The molecule has 0 aromatic heterocycles. The van der Waals surface area contributed by atoms with Crippen molar-refractivity contribution in [1.29, 1.82) is 0 Å². The first-order chi connectivity index (χ1) is 6.99. The van der Waals surface area contributed by atoms with E-state index in [1.807, 2.05) is 13.8 Å². The van der Waals surface area contributed by atoms with Crippen LogP contribution in [0.4, 0.5) is 0 Å². The van der Waals surface area contributed by atoms with E-state index in [1.165, 1.54) is 5.56 Å². The molecule has 0 bridgehead atoms. The van der Waals surface area contributed by atoms with E-state index < -0.39 is 0 Å². The molecular weight excluding hydrogens is 210 g/mol. The van der Waals surface area contributed by atoms with Gasteiger partial charge in [0.05, 0.1) is 12.1 Å². The molecule has 0 saturated heterocycles. The van der Waals surface area contributed by atoms with Gasteiger partial charge in [-0.05, 0) is 43.4 Å². The molecule has 2 N–H and O–H groups in total. The third-order valence-electron chi connectivity index (χ3n) is 3.18. The fourth-order valence-corrected chi connectivity index (χ4v) is 2.29. The second kappa shape index (κ2) is 3.39. The molecule has 0 atom stereocenters. The molecule has 1 aliphatic rings. The van der Waals surface area contributed by atoms with Crippen LogP contribution in [0.1, 0.15) is 29.5 Å². The number of hydrogen-bond donors (Lipinski definition) is 1. The molecule has 1 saturated carbocycles. The van der Waals surface area contributed by atoms with Gasteiger partial charge in [-0.15, -0.1) is 0 Å². The van der Waals surface area contributed by atoms with Gasteiger partial charge in [0.2, 0.25) is 0 Å². The van der Waals surface area contributed by atoms with E-state index in [0.29, 0.717) is 5.02 Å². The molecule has 2 rings (SSSR count). The smallest absolute Gasteiger partial charge is 0.140 e. The van der Waals surface area contributed by atoms with E-state index >= 15 is 0 Å². The fraction of sp³-hybridized carbons (Fsp3) is 0.500. The van der Waals surface area contributed by atoms with Crippen LogP contribution in [-0.2, 0) is 5.54 Å². The van der Waals surface area contributed by atoms with Crippen LogP contribution >= 0.6 is 11.6 Å². The summed E-state index contributed by atoms with van der Waals surface area (Å²) in [4.78, 5) is 0. The summed E-state index contributed by atoms with van der Waals surface area (Å²) in [5.74, 6) is 0.767. The van der Waals surface area contributed by atoms with E-state index in [2.05, 4.69) is 6.07 Å². The maximum absolute atomic E-state index is 6.21. The minimum absolute atomic E-state index is 0.132. The van der Waals surface area contributed by atoms with Crippen molar-refractivity contribution in [2.45, 2.75) is 32.2 Å². The summed E-state index contributed by atoms with van der Waals surface area (Å²) in [6.07, 6.45) is 2.11. The molecule has 1 aromatic rings. The number of methoxy groups -OCH3 is 1. The van der Waals surface area contributed by atoms with Crippen molar-refractivity contribution in [3.8, 4) is 5.75 Å². The number of ether oxygens (including phenoxy) is 1. The summed E-state index contributed by atoms with van der Waals surface area (Å²) in [6, 6.07) is 2.09. The van der Waals surface area contributed by atoms with Crippen LogP contribution in [0.2, 0.25) is 5.02 Å². The maximum atomic E-state index is 6.21. The summed E-state index contributed by atoms with van der Waals surface area (Å²) in [5.41, 5.74) is 9.37. The van der Waals surface area contributed by atoms with E-state index in [1.54, 1.807) is 7.11 Å². The Hall–Kier alpha value is -0.730. The van der Waals surface area contributed by atoms with Gasteiger partial charge in [-0.25, -0.2) is 0 Å². The zero-order valence-corrected chi connectivity index (χ0v) is 10.1. The van der Waals surface area contributed by atoms with Crippen molar-refractivity contribution < 1.29 is 4.74 Å². The summed E-state index contributed by atoms with van der Waals surface area (Å²) in [6.45, 7) is 4.01. The minimum atomic E-state index is -0.132. The number of rotatable bonds is 2. The molecule has 3 heteroatoms. The second-order valence-electron chi connectivity index (χ2n) is 4.37. The molecule has 1 fully saturated rings. The minimum Gasteiger partial charge on any atom is -0.495 e. The number of hydrogen-bond acceptors (Lipinski definition) is 2. The van der Waals surface area contributed by atoms with Crippen molar-refractivity contribution in [2.24, 2.45) is 5.73 Å². The number of nitrogens with two attached hydrogens (primary N) is 1. The first-order valence-electron chi connectivity index (χ1n) is 5.12. The van der Waals surface area contributed by atoms with E-state index in [0.717, 1.165) is 29.7 Å². The Labute approximate surface area is 95.4 Å². The highest BCUT2D eigenvalue weighted by atomic mass is 35.5. The van der Waals surface area contributed by atoms with Crippen LogP contribution in [-0.4, -0.2) is 7.11 Å². The van der Waals surface area contributed by atoms with Crippen LogP contribution in [0.15, 0.2) is 6.07 Å². The summed E-state index contributed by atoms with van der Waals surface area (Å²) in [7, 11) is 1.65. The highest BCUT2D eigenvalue weighted by Gasteiger charge is 2.42. The summed E-state index contributed by atoms with van der Waals surface area (Å²) >= 11 is 6.18. The Morgan fingerprint density at radius 1 is 1.40 bits per heavy atom. The molecule has 0 radical (unpaired) electrons. The number of benzene rings is 1. The Morgan fingerprint density at radius 3 is 2.47 bits per heavy atom. The first-order valence-corrected chi connectivity index (χ1v) is 5.50. The quantitative estimate of drug-likeness (QED) is 0.840. The fourth-order valence-electron chi connectivity index (χ4n) is 2.02. The van der Waals surface area contributed by atoms with E-state index in [9.17, 15) is 0 Å². The average Bonchev–Trinajstić information content (AvgIpc) is 2.92. The third-order valence-corrected chi connectivity index (χ3v) is 3.65. The van der Waals surface area contributed by atoms with Crippen molar-refractivity contribution in [3.05, 3.63) is 27.8 Å². The molecule has 0 aliphatic heterocycles. The van der Waals surface area contributed by atoms with Gasteiger partial charge in [0.1, 0.15) is 5.75 Å². The van der Waals surface area contributed by atoms with Gasteiger partial charge >= 0.3 is 0 Å². The first kappa shape index (κ1) is 10.8. The molecule has 0 heterocycles. The zero-order chi connectivity index (χ0) is 11.2. The maximum Gasteiger partial charge on any atom is 0.140 e.